The zero-order valence-electron chi connectivity index (χ0n) is 12.5. The largest absolute Gasteiger partial charge is 0.490 e. The van der Waals surface area contributed by atoms with Crippen molar-refractivity contribution in [3.05, 3.63) is 21.9 Å². The van der Waals surface area contributed by atoms with Gasteiger partial charge in [-0.25, -0.2) is 4.98 Å². The number of hydrogen-bond donors (Lipinski definition) is 4. The lowest BCUT2D eigenvalue weighted by atomic mass is 9.93. The molecule has 1 aromatic heterocycles. The fourth-order valence-electron chi connectivity index (χ4n) is 2.84. The third-order valence-corrected chi connectivity index (χ3v) is 4.90. The van der Waals surface area contributed by atoms with Crippen molar-refractivity contribution in [2.24, 2.45) is 5.92 Å². The highest BCUT2D eigenvalue weighted by molar-refractivity contribution is 6.44. The van der Waals surface area contributed by atoms with Crippen LogP contribution in [0.2, 0.25) is 10.0 Å². The topological polar surface area (TPSA) is 90.4 Å². The van der Waals surface area contributed by atoms with Crippen LogP contribution in [-0.2, 0) is 6.61 Å². The van der Waals surface area contributed by atoms with Gasteiger partial charge in [0.15, 0.2) is 5.75 Å². The summed E-state index contributed by atoms with van der Waals surface area (Å²) in [5.74, 6) is 0.989. The lowest BCUT2D eigenvalue weighted by Gasteiger charge is -2.28. The molecule has 0 aliphatic carbocycles. The number of aliphatic hydroxyl groups excluding tert-OH is 2. The Bertz CT molecular complexity index is 692. The number of fused-ring (bicyclic) bond motifs is 1. The molecular weight excluding hydrogens is 341 g/mol. The van der Waals surface area contributed by atoms with Crippen LogP contribution in [0.1, 0.15) is 18.7 Å². The molecule has 0 spiro atoms. The number of nitrogens with zero attached hydrogens (tertiary/aromatic N) is 1. The molecular formula is C15H19Cl2N3O3. The fraction of sp³-hybridized carbons (Fsp3) is 0.533. The molecule has 4 N–H and O–H groups in total. The van der Waals surface area contributed by atoms with E-state index < -0.39 is 0 Å². The zero-order chi connectivity index (χ0) is 16.4. The van der Waals surface area contributed by atoms with Crippen molar-refractivity contribution in [3.63, 3.8) is 0 Å². The number of benzene rings is 1. The molecule has 0 saturated carbocycles. The predicted molar refractivity (Wildman–Crippen MR) is 89.1 cm³/mol. The molecule has 3 rings (SSSR count). The second-order valence-electron chi connectivity index (χ2n) is 5.70. The predicted octanol–water partition coefficient (Wildman–Crippen LogP) is 2.10. The first-order chi connectivity index (χ1) is 11.1. The van der Waals surface area contributed by atoms with Gasteiger partial charge in [0.2, 0.25) is 0 Å². The Hall–Kier alpha value is -1.05. The number of halogens is 2. The van der Waals surface area contributed by atoms with E-state index in [1.165, 1.54) is 0 Å². The number of rotatable bonds is 5. The van der Waals surface area contributed by atoms with Gasteiger partial charge in [-0.3, -0.25) is 0 Å². The van der Waals surface area contributed by atoms with Gasteiger partial charge < -0.3 is 25.3 Å². The molecule has 2 atom stereocenters. The van der Waals surface area contributed by atoms with Crippen molar-refractivity contribution in [2.75, 3.05) is 19.7 Å². The molecule has 0 amide bonds. The van der Waals surface area contributed by atoms with Crippen molar-refractivity contribution < 1.29 is 14.9 Å². The molecule has 1 fully saturated rings. The average molecular weight is 360 g/mol. The highest BCUT2D eigenvalue weighted by Gasteiger charge is 2.23. The zero-order valence-corrected chi connectivity index (χ0v) is 14.0. The minimum Gasteiger partial charge on any atom is -0.490 e. The minimum absolute atomic E-state index is 0.157. The Balaban J connectivity index is 1.76. The average Bonchev–Trinajstić information content (AvgIpc) is 2.95. The maximum absolute atomic E-state index is 9.98. The van der Waals surface area contributed by atoms with Gasteiger partial charge in [0.25, 0.3) is 0 Å². The molecule has 0 radical (unpaired) electrons. The Morgan fingerprint density at radius 2 is 2.22 bits per heavy atom. The summed E-state index contributed by atoms with van der Waals surface area (Å²) in [7, 11) is 0. The third-order valence-electron chi connectivity index (χ3n) is 4.13. The van der Waals surface area contributed by atoms with Crippen LogP contribution in [0.25, 0.3) is 11.0 Å². The summed E-state index contributed by atoms with van der Waals surface area (Å²) >= 11 is 12.4. The molecule has 1 aromatic carbocycles. The second-order valence-corrected chi connectivity index (χ2v) is 6.48. The Morgan fingerprint density at radius 3 is 2.96 bits per heavy atom. The minimum atomic E-state index is -0.305. The third kappa shape index (κ3) is 3.56. The highest BCUT2D eigenvalue weighted by Crippen LogP contribution is 2.38. The van der Waals surface area contributed by atoms with Crippen LogP contribution < -0.4 is 10.1 Å². The normalized spacial score (nSPS) is 21.7. The number of aromatic nitrogens is 2. The van der Waals surface area contributed by atoms with Gasteiger partial charge in [0.05, 0.1) is 23.3 Å². The standard InChI is InChI=1S/C15H19Cl2N3O3/c16-9-5-10-14(20-12(7-21)19-10)15(13(9)17)23-4-2-8-6-18-3-1-11(8)22/h5,8,11,18,21-22H,1-4,6-7H2,(H,19,20)/t8-,11+/m0/s1. The van der Waals surface area contributed by atoms with Gasteiger partial charge in [-0.15, -0.1) is 0 Å². The van der Waals surface area contributed by atoms with Crippen LogP contribution in [0.15, 0.2) is 6.07 Å². The van der Waals surface area contributed by atoms with E-state index in [-0.39, 0.29) is 18.6 Å². The van der Waals surface area contributed by atoms with Crippen LogP contribution >= 0.6 is 23.2 Å². The van der Waals surface area contributed by atoms with Crippen molar-refractivity contribution in [2.45, 2.75) is 25.6 Å². The SMILES string of the molecule is OCc1nc2c(OCC[C@H]3CNCC[C@H]3O)c(Cl)c(Cl)cc2[nH]1. The van der Waals surface area contributed by atoms with E-state index in [9.17, 15) is 10.2 Å². The lowest BCUT2D eigenvalue weighted by Crippen LogP contribution is -2.40. The molecule has 8 heteroatoms. The Morgan fingerprint density at radius 1 is 1.39 bits per heavy atom. The van der Waals surface area contributed by atoms with Crippen molar-refractivity contribution in [1.29, 1.82) is 0 Å². The first-order valence-electron chi connectivity index (χ1n) is 7.59. The summed E-state index contributed by atoms with van der Waals surface area (Å²) in [4.78, 5) is 7.24. The molecule has 23 heavy (non-hydrogen) atoms. The number of H-pyrrole nitrogens is 1. The van der Waals surface area contributed by atoms with E-state index >= 15 is 0 Å². The molecule has 126 valence electrons. The maximum atomic E-state index is 9.98. The number of aliphatic hydroxyl groups is 2. The van der Waals surface area contributed by atoms with E-state index in [0.29, 0.717) is 45.7 Å². The number of hydrogen-bond acceptors (Lipinski definition) is 5. The van der Waals surface area contributed by atoms with Gasteiger partial charge in [-0.05, 0) is 25.5 Å². The van der Waals surface area contributed by atoms with Crippen LogP contribution in [0.5, 0.6) is 5.75 Å². The van der Waals surface area contributed by atoms with Crippen molar-refractivity contribution in [1.82, 2.24) is 15.3 Å². The summed E-state index contributed by atoms with van der Waals surface area (Å²) in [6.45, 7) is 1.82. The van der Waals surface area contributed by atoms with Crippen molar-refractivity contribution in [3.8, 4) is 5.75 Å². The van der Waals surface area contributed by atoms with E-state index in [4.69, 9.17) is 27.9 Å². The van der Waals surface area contributed by atoms with Gasteiger partial charge in [0.1, 0.15) is 23.0 Å². The molecule has 2 aromatic rings. The lowest BCUT2D eigenvalue weighted by molar-refractivity contribution is 0.0663. The van der Waals surface area contributed by atoms with Gasteiger partial charge in [0, 0.05) is 12.5 Å². The number of imidazole rings is 1. The summed E-state index contributed by atoms with van der Waals surface area (Å²) in [6.07, 6.45) is 1.16. The fourth-order valence-corrected chi connectivity index (χ4v) is 3.23. The second kappa shape index (κ2) is 7.23. The molecule has 0 bridgehead atoms. The van der Waals surface area contributed by atoms with Crippen LogP contribution in [0.3, 0.4) is 0 Å². The molecule has 1 saturated heterocycles. The van der Waals surface area contributed by atoms with E-state index in [1.54, 1.807) is 6.07 Å². The molecule has 6 nitrogen and oxygen atoms in total. The highest BCUT2D eigenvalue weighted by atomic mass is 35.5. The van der Waals surface area contributed by atoms with Gasteiger partial charge in [-0.1, -0.05) is 23.2 Å². The number of ether oxygens (including phenoxy) is 1. The summed E-state index contributed by atoms with van der Waals surface area (Å²) in [6, 6.07) is 1.66. The van der Waals surface area contributed by atoms with Crippen LogP contribution in [0, 0.1) is 5.92 Å². The summed E-state index contributed by atoms with van der Waals surface area (Å²) in [5, 5.41) is 23.1. The number of aromatic amines is 1. The summed E-state index contributed by atoms with van der Waals surface area (Å²) < 4.78 is 5.82. The molecule has 1 aliphatic rings. The molecule has 2 heterocycles. The van der Waals surface area contributed by atoms with Gasteiger partial charge >= 0.3 is 0 Å². The first kappa shape index (κ1) is 16.8. The van der Waals surface area contributed by atoms with Crippen LogP contribution in [0.4, 0.5) is 0 Å². The smallest absolute Gasteiger partial charge is 0.167 e. The molecule has 0 unspecified atom stereocenters. The number of piperidine rings is 1. The van der Waals surface area contributed by atoms with E-state index in [0.717, 1.165) is 19.5 Å². The van der Waals surface area contributed by atoms with Crippen LogP contribution in [-0.4, -0.2) is 46.0 Å². The first-order valence-corrected chi connectivity index (χ1v) is 8.34. The monoisotopic (exact) mass is 359 g/mol. The summed E-state index contributed by atoms with van der Waals surface area (Å²) in [5.41, 5.74) is 1.21. The van der Waals surface area contributed by atoms with E-state index in [1.807, 2.05) is 0 Å². The van der Waals surface area contributed by atoms with Crippen molar-refractivity contribution >= 4 is 34.2 Å². The van der Waals surface area contributed by atoms with Gasteiger partial charge in [-0.2, -0.15) is 0 Å². The Labute approximate surface area is 143 Å². The van der Waals surface area contributed by atoms with E-state index in [2.05, 4.69) is 15.3 Å². The Kier molecular flexibility index (Phi) is 5.28. The molecule has 1 aliphatic heterocycles. The number of nitrogens with one attached hydrogen (secondary N) is 2. The quantitative estimate of drug-likeness (QED) is 0.656. The maximum Gasteiger partial charge on any atom is 0.167 e.